The van der Waals surface area contributed by atoms with Crippen LogP contribution in [-0.2, 0) is 20.7 Å². The number of amides is 4. The van der Waals surface area contributed by atoms with Gasteiger partial charge in [-0.1, -0.05) is 5.92 Å². The van der Waals surface area contributed by atoms with Crippen LogP contribution in [0.25, 0.3) is 0 Å². The molecule has 0 aliphatic carbocycles. The van der Waals surface area contributed by atoms with Crippen molar-refractivity contribution >= 4 is 23.5 Å². The number of hydrogen-bond donors (Lipinski definition) is 3. The van der Waals surface area contributed by atoms with Crippen LogP contribution in [0.2, 0.25) is 0 Å². The Hall–Kier alpha value is -3.78. The molecule has 1 spiro atoms. The van der Waals surface area contributed by atoms with Gasteiger partial charge in [-0.2, -0.15) is 0 Å². The van der Waals surface area contributed by atoms with Gasteiger partial charge in [-0.05, 0) is 31.4 Å². The smallest absolute Gasteiger partial charge is 0.328 e. The van der Waals surface area contributed by atoms with Crippen molar-refractivity contribution in [2.75, 3.05) is 11.4 Å². The number of ether oxygens (including phenoxy) is 1. The molecule has 3 aliphatic rings. The van der Waals surface area contributed by atoms with Crippen LogP contribution in [0.4, 0.5) is 19.3 Å². The Labute approximate surface area is 186 Å². The topological polar surface area (TPSA) is 116 Å². The first kappa shape index (κ1) is 21.1. The molecule has 4 heterocycles. The molecule has 170 valence electrons. The second-order valence-corrected chi connectivity index (χ2v) is 8.40. The number of H-pyrrole nitrogens is 1. The Kier molecular flexibility index (Phi) is 4.72. The second kappa shape index (κ2) is 7.38. The van der Waals surface area contributed by atoms with Crippen molar-refractivity contribution in [2.45, 2.75) is 38.5 Å². The van der Waals surface area contributed by atoms with Crippen LogP contribution in [-0.4, -0.2) is 52.6 Å². The highest BCUT2D eigenvalue weighted by Crippen LogP contribution is 2.48. The van der Waals surface area contributed by atoms with Crippen LogP contribution in [0, 0.1) is 28.9 Å². The van der Waals surface area contributed by atoms with Gasteiger partial charge in [0.15, 0.2) is 17.0 Å². The number of carbonyl (C=O) groups is 3. The third-order valence-electron chi connectivity index (χ3n) is 6.29. The van der Waals surface area contributed by atoms with Gasteiger partial charge in [0.25, 0.3) is 0 Å². The number of anilines is 1. The number of benzene rings is 1. The molecule has 3 aliphatic heterocycles. The summed E-state index contributed by atoms with van der Waals surface area (Å²) >= 11 is 0. The van der Waals surface area contributed by atoms with Crippen molar-refractivity contribution in [2.24, 2.45) is 5.41 Å². The molecule has 11 heteroatoms. The highest BCUT2D eigenvalue weighted by atomic mass is 19.2. The van der Waals surface area contributed by atoms with Crippen LogP contribution in [0.3, 0.4) is 0 Å². The van der Waals surface area contributed by atoms with Gasteiger partial charge in [0.2, 0.25) is 11.8 Å². The molecule has 3 atom stereocenters. The van der Waals surface area contributed by atoms with E-state index in [0.717, 1.165) is 0 Å². The Morgan fingerprint density at radius 2 is 1.88 bits per heavy atom. The van der Waals surface area contributed by atoms with Crippen molar-refractivity contribution in [3.63, 3.8) is 0 Å². The fourth-order valence-corrected chi connectivity index (χ4v) is 5.09. The molecule has 2 fully saturated rings. The number of fused-ring (bicyclic) bond motifs is 4. The van der Waals surface area contributed by atoms with E-state index in [2.05, 4.69) is 32.4 Å². The number of morpholine rings is 1. The van der Waals surface area contributed by atoms with E-state index in [0.29, 0.717) is 5.69 Å². The molecule has 3 N–H and O–H groups in total. The van der Waals surface area contributed by atoms with E-state index >= 15 is 8.78 Å². The highest BCUT2D eigenvalue weighted by molar-refractivity contribution is 6.20. The predicted molar refractivity (Wildman–Crippen MR) is 110 cm³/mol. The number of nitrogens with zero attached hydrogens (tertiary/aromatic N) is 2. The zero-order chi connectivity index (χ0) is 23.5. The van der Waals surface area contributed by atoms with Gasteiger partial charge in [-0.3, -0.25) is 20.2 Å². The molecule has 0 unspecified atom stereocenters. The van der Waals surface area contributed by atoms with Gasteiger partial charge in [-0.25, -0.2) is 18.6 Å². The van der Waals surface area contributed by atoms with Gasteiger partial charge in [-0.15, -0.1) is 0 Å². The summed E-state index contributed by atoms with van der Waals surface area (Å²) in [7, 11) is 0. The fourth-order valence-electron chi connectivity index (χ4n) is 5.09. The molecule has 2 saturated heterocycles. The lowest BCUT2D eigenvalue weighted by Gasteiger charge is -2.55. The van der Waals surface area contributed by atoms with Crippen molar-refractivity contribution in [3.8, 4) is 11.8 Å². The van der Waals surface area contributed by atoms with E-state index < -0.39 is 47.0 Å². The predicted octanol–water partition coefficient (Wildman–Crippen LogP) is 0.978. The monoisotopic (exact) mass is 455 g/mol. The van der Waals surface area contributed by atoms with E-state index in [9.17, 15) is 14.4 Å². The first-order chi connectivity index (χ1) is 15.7. The third-order valence-corrected chi connectivity index (χ3v) is 6.29. The van der Waals surface area contributed by atoms with Crippen LogP contribution in [0.5, 0.6) is 0 Å². The fraction of sp³-hybridized carbons (Fsp3) is 0.364. The number of aromatic amines is 1. The molecule has 33 heavy (non-hydrogen) atoms. The number of rotatable bonds is 0. The first-order valence-electron chi connectivity index (χ1n) is 10.3. The number of imidazole rings is 1. The highest BCUT2D eigenvalue weighted by Gasteiger charge is 2.63. The maximum atomic E-state index is 15.4. The minimum absolute atomic E-state index is 0.0343. The Morgan fingerprint density at radius 1 is 1.15 bits per heavy atom. The number of aromatic nitrogens is 2. The molecule has 9 nitrogen and oxygen atoms in total. The number of hydrogen-bond acceptors (Lipinski definition) is 6. The van der Waals surface area contributed by atoms with E-state index in [4.69, 9.17) is 4.74 Å². The minimum atomic E-state index is -1.78. The Bertz CT molecular complexity index is 1230. The van der Waals surface area contributed by atoms with Gasteiger partial charge in [0.1, 0.15) is 5.69 Å². The number of nitrogens with one attached hydrogen (secondary N) is 3. The van der Waals surface area contributed by atoms with Crippen LogP contribution < -0.4 is 15.5 Å². The summed E-state index contributed by atoms with van der Waals surface area (Å²) in [5.74, 6) is 1.35. The number of carbonyl (C=O) groups excluding carboxylic acids is 3. The summed E-state index contributed by atoms with van der Waals surface area (Å²) in [5.41, 5.74) is -1.47. The summed E-state index contributed by atoms with van der Waals surface area (Å²) in [4.78, 5) is 46.2. The third kappa shape index (κ3) is 3.09. The first-order valence-corrected chi connectivity index (χ1v) is 10.3. The lowest BCUT2D eigenvalue weighted by molar-refractivity contribution is -0.153. The summed E-state index contributed by atoms with van der Waals surface area (Å²) in [6, 6.07) is -0.543. The number of barbiturate groups is 1. The van der Waals surface area contributed by atoms with Gasteiger partial charge < -0.3 is 14.6 Å². The summed E-state index contributed by atoms with van der Waals surface area (Å²) in [5, 5.41) is 4.30. The molecule has 0 saturated carbocycles. The molecule has 0 radical (unpaired) electrons. The van der Waals surface area contributed by atoms with Crippen molar-refractivity contribution in [1.82, 2.24) is 20.6 Å². The number of urea groups is 1. The molecule has 2 aromatic rings. The molecular weight excluding hydrogens is 436 g/mol. The summed E-state index contributed by atoms with van der Waals surface area (Å²) in [6.45, 7) is 3.54. The quantitative estimate of drug-likeness (QED) is 0.403. The molecule has 5 rings (SSSR count). The molecule has 1 aromatic heterocycles. The molecule has 0 bridgehead atoms. The average Bonchev–Trinajstić information content (AvgIpc) is 3.26. The maximum absolute atomic E-state index is 15.4. The second-order valence-electron chi connectivity index (χ2n) is 8.40. The lowest BCUT2D eigenvalue weighted by atomic mass is 9.66. The SMILES string of the molecule is C[C@H]1CN2c3c(cc(C#Cc4c[nH]cn4)c(F)c3F)CC3(C(=O)NC(=O)NC3=O)[C@@H]2[C@@H](C)O1. The standard InChI is InChI=1S/C22H19F2N5O4/c1-10-8-29-17-13(5-12(15(23)16(17)24)3-4-14-7-25-9-26-14)6-22(18(29)11(2)33-10)19(30)27-21(32)28-20(22)31/h5,7,9-11,18H,6,8H2,1-2H3,(H,25,26)(H2,27,28,30,31,32)/t10-,11+,18-/m0/s1. The van der Waals surface area contributed by atoms with E-state index in [1.54, 1.807) is 13.8 Å². The van der Waals surface area contributed by atoms with E-state index in [-0.39, 0.29) is 35.9 Å². The summed E-state index contributed by atoms with van der Waals surface area (Å²) in [6.07, 6.45) is 1.58. The Morgan fingerprint density at radius 3 is 2.55 bits per heavy atom. The van der Waals surface area contributed by atoms with Crippen LogP contribution >= 0.6 is 0 Å². The van der Waals surface area contributed by atoms with Gasteiger partial charge in [0, 0.05) is 19.2 Å². The minimum Gasteiger partial charge on any atom is -0.372 e. The Balaban J connectivity index is 1.70. The largest absolute Gasteiger partial charge is 0.372 e. The lowest BCUT2D eigenvalue weighted by Crippen LogP contribution is -2.75. The van der Waals surface area contributed by atoms with Crippen molar-refractivity contribution < 1.29 is 27.9 Å². The summed E-state index contributed by atoms with van der Waals surface area (Å²) < 4.78 is 36.3. The van der Waals surface area contributed by atoms with Crippen LogP contribution in [0.15, 0.2) is 18.6 Å². The molecule has 1 aromatic carbocycles. The van der Waals surface area contributed by atoms with E-state index in [1.807, 2.05) is 0 Å². The van der Waals surface area contributed by atoms with Gasteiger partial charge >= 0.3 is 6.03 Å². The van der Waals surface area contributed by atoms with Gasteiger partial charge in [0.05, 0.1) is 35.8 Å². The number of halogens is 2. The van der Waals surface area contributed by atoms with Crippen LogP contribution in [0.1, 0.15) is 30.7 Å². The normalized spacial score (nSPS) is 25.5. The molecule has 4 amide bonds. The van der Waals surface area contributed by atoms with E-state index in [1.165, 1.54) is 23.5 Å². The van der Waals surface area contributed by atoms with Crippen molar-refractivity contribution in [1.29, 1.82) is 0 Å². The maximum Gasteiger partial charge on any atom is 0.328 e. The zero-order valence-electron chi connectivity index (χ0n) is 17.7. The zero-order valence-corrected chi connectivity index (χ0v) is 17.7. The molecular formula is C22H19F2N5O4. The van der Waals surface area contributed by atoms with Crippen molar-refractivity contribution in [3.05, 3.63) is 47.0 Å². The number of imide groups is 2. The average molecular weight is 455 g/mol.